The number of anilines is 1. The Labute approximate surface area is 168 Å². The quantitative estimate of drug-likeness (QED) is 0.736. The molecule has 1 amide bonds. The third kappa shape index (κ3) is 4.30. The molecular formula is C21H25NO5S. The highest BCUT2D eigenvalue weighted by Gasteiger charge is 2.29. The first-order valence-electron chi connectivity index (χ1n) is 9.27. The van der Waals surface area contributed by atoms with Crippen LogP contribution >= 0.6 is 11.3 Å². The summed E-state index contributed by atoms with van der Waals surface area (Å²) >= 11 is 1.46. The fourth-order valence-corrected chi connectivity index (χ4v) is 4.70. The Hall–Kier alpha value is -2.54. The Balaban J connectivity index is 1.78. The molecule has 1 aromatic heterocycles. The monoisotopic (exact) mass is 403 g/mol. The first kappa shape index (κ1) is 20.2. The highest BCUT2D eigenvalue weighted by atomic mass is 32.1. The molecule has 2 aromatic rings. The average Bonchev–Trinajstić information content (AvgIpc) is 3.04. The largest absolute Gasteiger partial charge is 0.497 e. The lowest BCUT2D eigenvalue weighted by Gasteiger charge is -2.18. The van der Waals surface area contributed by atoms with Crippen LogP contribution in [0.15, 0.2) is 24.3 Å². The summed E-state index contributed by atoms with van der Waals surface area (Å²) in [6.45, 7) is 3.87. The van der Waals surface area contributed by atoms with Crippen LogP contribution in [0.5, 0.6) is 11.5 Å². The molecule has 1 aliphatic carbocycles. The number of nitrogens with one attached hydrogen (secondary N) is 1. The molecule has 1 aromatic carbocycles. The van der Waals surface area contributed by atoms with Gasteiger partial charge in [-0.1, -0.05) is 13.0 Å². The molecular weight excluding hydrogens is 378 g/mol. The topological polar surface area (TPSA) is 73.9 Å². The lowest BCUT2D eigenvalue weighted by atomic mass is 9.88. The Morgan fingerprint density at radius 2 is 2.00 bits per heavy atom. The van der Waals surface area contributed by atoms with Crippen molar-refractivity contribution < 1.29 is 23.8 Å². The molecule has 0 fully saturated rings. The van der Waals surface area contributed by atoms with E-state index in [0.29, 0.717) is 28.0 Å². The van der Waals surface area contributed by atoms with Crippen LogP contribution in [-0.4, -0.2) is 32.2 Å². The van der Waals surface area contributed by atoms with Gasteiger partial charge in [0.15, 0.2) is 6.10 Å². The van der Waals surface area contributed by atoms with Crippen LogP contribution in [0.4, 0.5) is 5.00 Å². The van der Waals surface area contributed by atoms with Crippen molar-refractivity contribution >= 4 is 28.2 Å². The maximum absolute atomic E-state index is 12.7. The fraction of sp³-hybridized carbons (Fsp3) is 0.429. The average molecular weight is 404 g/mol. The number of rotatable bonds is 6. The Kier molecular flexibility index (Phi) is 6.24. The molecule has 0 saturated carbocycles. The summed E-state index contributed by atoms with van der Waals surface area (Å²) in [4.78, 5) is 26.2. The lowest BCUT2D eigenvalue weighted by Crippen LogP contribution is -2.30. The van der Waals surface area contributed by atoms with Crippen molar-refractivity contribution in [3.8, 4) is 11.5 Å². The van der Waals surface area contributed by atoms with Gasteiger partial charge in [-0.05, 0) is 49.8 Å². The number of carbonyl (C=O) groups excluding carboxylic acids is 2. The van der Waals surface area contributed by atoms with Gasteiger partial charge in [-0.25, -0.2) is 4.79 Å². The molecule has 1 heterocycles. The van der Waals surface area contributed by atoms with Gasteiger partial charge in [-0.2, -0.15) is 0 Å². The number of fused-ring (bicyclic) bond motifs is 1. The molecule has 7 heteroatoms. The molecule has 0 bridgehead atoms. The van der Waals surface area contributed by atoms with Crippen LogP contribution in [-0.2, 0) is 22.4 Å². The van der Waals surface area contributed by atoms with Crippen molar-refractivity contribution in [2.45, 2.75) is 39.2 Å². The second-order valence-electron chi connectivity index (χ2n) is 6.98. The van der Waals surface area contributed by atoms with Crippen molar-refractivity contribution in [3.05, 3.63) is 40.3 Å². The van der Waals surface area contributed by atoms with Gasteiger partial charge in [-0.3, -0.25) is 4.79 Å². The number of amides is 1. The molecule has 2 unspecified atom stereocenters. The predicted molar refractivity (Wildman–Crippen MR) is 109 cm³/mol. The predicted octanol–water partition coefficient (Wildman–Crippen LogP) is 4.07. The maximum Gasteiger partial charge on any atom is 0.341 e. The third-order valence-electron chi connectivity index (χ3n) is 4.86. The van der Waals surface area contributed by atoms with Crippen LogP contribution in [0, 0.1) is 5.92 Å². The van der Waals surface area contributed by atoms with Gasteiger partial charge in [0.25, 0.3) is 5.91 Å². The van der Waals surface area contributed by atoms with Gasteiger partial charge in [0, 0.05) is 10.9 Å². The minimum absolute atomic E-state index is 0.320. The number of thiophene rings is 1. The summed E-state index contributed by atoms with van der Waals surface area (Å²) in [5, 5.41) is 3.41. The Morgan fingerprint density at radius 1 is 1.25 bits per heavy atom. The van der Waals surface area contributed by atoms with Crippen LogP contribution < -0.4 is 14.8 Å². The molecule has 3 rings (SSSR count). The lowest BCUT2D eigenvalue weighted by molar-refractivity contribution is -0.122. The van der Waals surface area contributed by atoms with E-state index < -0.39 is 12.1 Å². The first-order chi connectivity index (χ1) is 13.4. The summed E-state index contributed by atoms with van der Waals surface area (Å²) in [6, 6.07) is 7.08. The van der Waals surface area contributed by atoms with E-state index in [4.69, 9.17) is 14.2 Å². The summed E-state index contributed by atoms with van der Waals surface area (Å²) < 4.78 is 15.9. The minimum Gasteiger partial charge on any atom is -0.497 e. The highest BCUT2D eigenvalue weighted by molar-refractivity contribution is 7.17. The number of benzene rings is 1. The zero-order valence-corrected chi connectivity index (χ0v) is 17.4. The van der Waals surface area contributed by atoms with E-state index in [0.717, 1.165) is 29.7 Å². The van der Waals surface area contributed by atoms with E-state index in [9.17, 15) is 9.59 Å². The van der Waals surface area contributed by atoms with Gasteiger partial charge >= 0.3 is 5.97 Å². The number of ether oxygens (including phenoxy) is 3. The van der Waals surface area contributed by atoms with Gasteiger partial charge in [0.1, 0.15) is 16.5 Å². The van der Waals surface area contributed by atoms with Crippen molar-refractivity contribution in [1.29, 1.82) is 0 Å². The van der Waals surface area contributed by atoms with Gasteiger partial charge in [-0.15, -0.1) is 11.3 Å². The van der Waals surface area contributed by atoms with E-state index in [1.54, 1.807) is 38.3 Å². The zero-order chi connectivity index (χ0) is 20.3. The minimum atomic E-state index is -0.740. The smallest absolute Gasteiger partial charge is 0.341 e. The number of hydrogen-bond donors (Lipinski definition) is 1. The standard InChI is InChI=1S/C21H25NO5S/c1-12-8-9-16-17(10-12)28-20(18(16)21(24)26-4)22-19(23)13(2)27-15-7-5-6-14(11-15)25-3/h5-7,11-13H,8-10H2,1-4H3,(H,22,23). The fourth-order valence-electron chi connectivity index (χ4n) is 3.30. The first-order valence-corrected chi connectivity index (χ1v) is 10.1. The van der Waals surface area contributed by atoms with E-state index in [-0.39, 0.29) is 5.91 Å². The third-order valence-corrected chi connectivity index (χ3v) is 6.03. The second-order valence-corrected chi connectivity index (χ2v) is 8.08. The summed E-state index contributed by atoms with van der Waals surface area (Å²) in [5.41, 5.74) is 1.49. The number of carbonyl (C=O) groups is 2. The van der Waals surface area contributed by atoms with Crippen molar-refractivity contribution in [1.82, 2.24) is 0 Å². The molecule has 0 spiro atoms. The molecule has 0 saturated heterocycles. The molecule has 0 aliphatic heterocycles. The van der Waals surface area contributed by atoms with Crippen LogP contribution in [0.25, 0.3) is 0 Å². The van der Waals surface area contributed by atoms with Gasteiger partial charge < -0.3 is 19.5 Å². The summed E-state index contributed by atoms with van der Waals surface area (Å²) in [7, 11) is 2.93. The van der Waals surface area contributed by atoms with Crippen molar-refractivity contribution in [3.63, 3.8) is 0 Å². The maximum atomic E-state index is 12.7. The van der Waals surface area contributed by atoms with E-state index in [1.165, 1.54) is 18.4 Å². The summed E-state index contributed by atoms with van der Waals surface area (Å²) in [5.74, 6) is 1.02. The van der Waals surface area contributed by atoms with E-state index in [2.05, 4.69) is 12.2 Å². The molecule has 150 valence electrons. The van der Waals surface area contributed by atoms with Crippen LogP contribution in [0.2, 0.25) is 0 Å². The molecule has 2 atom stereocenters. The van der Waals surface area contributed by atoms with Crippen LogP contribution in [0.1, 0.15) is 41.1 Å². The number of hydrogen-bond acceptors (Lipinski definition) is 6. The summed E-state index contributed by atoms with van der Waals surface area (Å²) in [6.07, 6.45) is 2.02. The van der Waals surface area contributed by atoms with E-state index >= 15 is 0 Å². The normalized spacial score (nSPS) is 16.6. The van der Waals surface area contributed by atoms with E-state index in [1.807, 2.05) is 0 Å². The Morgan fingerprint density at radius 3 is 2.71 bits per heavy atom. The number of esters is 1. The second kappa shape index (κ2) is 8.65. The molecule has 28 heavy (non-hydrogen) atoms. The van der Waals surface area contributed by atoms with Gasteiger partial charge in [0.05, 0.1) is 19.8 Å². The molecule has 6 nitrogen and oxygen atoms in total. The zero-order valence-electron chi connectivity index (χ0n) is 16.5. The van der Waals surface area contributed by atoms with Crippen LogP contribution in [0.3, 0.4) is 0 Å². The highest BCUT2D eigenvalue weighted by Crippen LogP contribution is 2.40. The Bertz CT molecular complexity index is 876. The molecule has 0 radical (unpaired) electrons. The number of methoxy groups -OCH3 is 2. The molecule has 1 aliphatic rings. The van der Waals surface area contributed by atoms with Crippen molar-refractivity contribution in [2.24, 2.45) is 5.92 Å². The molecule has 1 N–H and O–H groups in total. The SMILES string of the molecule is COC(=O)c1c(NC(=O)C(C)Oc2cccc(OC)c2)sc2c1CCC(C)C2. The van der Waals surface area contributed by atoms with Crippen molar-refractivity contribution in [2.75, 3.05) is 19.5 Å². The van der Waals surface area contributed by atoms with Gasteiger partial charge in [0.2, 0.25) is 0 Å².